The molecule has 0 radical (unpaired) electrons. The van der Waals surface area contributed by atoms with Crippen LogP contribution in [0.1, 0.15) is 11.4 Å². The minimum atomic E-state index is 0.682. The summed E-state index contributed by atoms with van der Waals surface area (Å²) < 4.78 is 3.67. The molecule has 2 heterocycles. The van der Waals surface area contributed by atoms with Gasteiger partial charge in [0.05, 0.1) is 24.5 Å². The topological polar surface area (TPSA) is 72.1 Å². The molecular formula is C12H19N7. The first kappa shape index (κ1) is 13.1. The van der Waals surface area contributed by atoms with Crippen molar-refractivity contribution in [3.63, 3.8) is 0 Å². The summed E-state index contributed by atoms with van der Waals surface area (Å²) in [7, 11) is 5.59. The predicted molar refractivity (Wildman–Crippen MR) is 73.5 cm³/mol. The van der Waals surface area contributed by atoms with E-state index in [1.165, 1.54) is 0 Å². The van der Waals surface area contributed by atoms with E-state index in [1.807, 2.05) is 35.6 Å². The van der Waals surface area contributed by atoms with Gasteiger partial charge in [-0.2, -0.15) is 10.2 Å². The molecule has 0 amide bonds. The highest BCUT2D eigenvalue weighted by molar-refractivity contribution is 5.79. The van der Waals surface area contributed by atoms with Gasteiger partial charge in [-0.1, -0.05) is 0 Å². The largest absolute Gasteiger partial charge is 0.351 e. The molecule has 102 valence electrons. The van der Waals surface area contributed by atoms with Gasteiger partial charge >= 0.3 is 0 Å². The molecule has 0 fully saturated rings. The third-order valence-corrected chi connectivity index (χ3v) is 2.94. The van der Waals surface area contributed by atoms with E-state index >= 15 is 0 Å². The summed E-state index contributed by atoms with van der Waals surface area (Å²) in [5.41, 5.74) is 2.20. The van der Waals surface area contributed by atoms with Gasteiger partial charge in [-0.3, -0.25) is 14.4 Å². The monoisotopic (exact) mass is 261 g/mol. The van der Waals surface area contributed by atoms with Crippen LogP contribution in [0.25, 0.3) is 0 Å². The molecule has 2 rings (SSSR count). The Hall–Kier alpha value is -2.31. The Morgan fingerprint density at radius 1 is 1.05 bits per heavy atom. The van der Waals surface area contributed by atoms with Crippen LogP contribution in [0.2, 0.25) is 0 Å². The molecular weight excluding hydrogens is 242 g/mol. The molecule has 0 aliphatic rings. The van der Waals surface area contributed by atoms with Crippen LogP contribution in [0.5, 0.6) is 0 Å². The first-order chi connectivity index (χ1) is 9.20. The van der Waals surface area contributed by atoms with Gasteiger partial charge in [0.25, 0.3) is 0 Å². The number of aliphatic imine (C=N–C) groups is 1. The van der Waals surface area contributed by atoms with Crippen LogP contribution in [0.4, 0.5) is 0 Å². The lowest BCUT2D eigenvalue weighted by Crippen LogP contribution is -2.37. The lowest BCUT2D eigenvalue weighted by atomic mass is 10.4. The third kappa shape index (κ3) is 3.34. The second-order valence-corrected chi connectivity index (χ2v) is 4.17. The van der Waals surface area contributed by atoms with Crippen LogP contribution in [-0.4, -0.2) is 32.6 Å². The first-order valence-corrected chi connectivity index (χ1v) is 6.09. The molecule has 0 atom stereocenters. The smallest absolute Gasteiger partial charge is 0.191 e. The Labute approximate surface area is 112 Å². The van der Waals surface area contributed by atoms with E-state index < -0.39 is 0 Å². The lowest BCUT2D eigenvalue weighted by Gasteiger charge is -2.12. The molecule has 0 unspecified atom stereocenters. The van der Waals surface area contributed by atoms with E-state index in [2.05, 4.69) is 25.8 Å². The molecule has 19 heavy (non-hydrogen) atoms. The molecule has 0 saturated heterocycles. The second kappa shape index (κ2) is 6.03. The van der Waals surface area contributed by atoms with Gasteiger partial charge in [0.2, 0.25) is 0 Å². The lowest BCUT2D eigenvalue weighted by molar-refractivity contribution is 0.668. The summed E-state index contributed by atoms with van der Waals surface area (Å²) in [6.07, 6.45) is 3.56. The number of hydrogen-bond donors (Lipinski definition) is 2. The number of aryl methyl sites for hydroxylation is 2. The fourth-order valence-electron chi connectivity index (χ4n) is 1.72. The number of nitrogens with zero attached hydrogens (tertiary/aromatic N) is 5. The molecule has 2 aromatic rings. The summed E-state index contributed by atoms with van der Waals surface area (Å²) in [5, 5.41) is 14.7. The van der Waals surface area contributed by atoms with Crippen molar-refractivity contribution in [3.05, 3.63) is 35.9 Å². The fourth-order valence-corrected chi connectivity index (χ4v) is 1.72. The van der Waals surface area contributed by atoms with Gasteiger partial charge in [-0.15, -0.1) is 0 Å². The Balaban J connectivity index is 1.84. The molecule has 2 N–H and O–H groups in total. The van der Waals surface area contributed by atoms with Crippen molar-refractivity contribution in [2.45, 2.75) is 13.1 Å². The molecule has 0 saturated carbocycles. The molecule has 0 spiro atoms. The molecule has 0 bridgehead atoms. The van der Waals surface area contributed by atoms with Gasteiger partial charge in [0.15, 0.2) is 5.96 Å². The van der Waals surface area contributed by atoms with E-state index in [9.17, 15) is 0 Å². The zero-order chi connectivity index (χ0) is 13.7. The number of guanidine groups is 1. The summed E-state index contributed by atoms with van der Waals surface area (Å²) in [6.45, 7) is 1.36. The van der Waals surface area contributed by atoms with Crippen LogP contribution in [0.3, 0.4) is 0 Å². The minimum Gasteiger partial charge on any atom is -0.351 e. The van der Waals surface area contributed by atoms with Crippen LogP contribution in [0, 0.1) is 0 Å². The van der Waals surface area contributed by atoms with Crippen LogP contribution < -0.4 is 10.6 Å². The van der Waals surface area contributed by atoms with E-state index in [0.29, 0.717) is 13.1 Å². The van der Waals surface area contributed by atoms with Crippen LogP contribution in [0.15, 0.2) is 29.5 Å². The average molecular weight is 261 g/mol. The number of nitrogens with one attached hydrogen (secondary N) is 2. The third-order valence-electron chi connectivity index (χ3n) is 2.94. The SMILES string of the molecule is CN=C(NCc1ccnn1C)NCc1ccnn1C. The number of hydrogen-bond acceptors (Lipinski definition) is 3. The summed E-state index contributed by atoms with van der Waals surface area (Å²) in [6, 6.07) is 3.95. The predicted octanol–water partition coefficient (Wildman–Crippen LogP) is 0.0188. The fraction of sp³-hybridized carbons (Fsp3) is 0.417. The Morgan fingerprint density at radius 3 is 1.84 bits per heavy atom. The Morgan fingerprint density at radius 2 is 1.53 bits per heavy atom. The van der Waals surface area contributed by atoms with Gasteiger partial charge < -0.3 is 10.6 Å². The molecule has 0 aromatic carbocycles. The van der Waals surface area contributed by atoms with Crippen molar-refractivity contribution in [1.29, 1.82) is 0 Å². The van der Waals surface area contributed by atoms with Gasteiger partial charge in [-0.25, -0.2) is 0 Å². The highest BCUT2D eigenvalue weighted by atomic mass is 15.3. The van der Waals surface area contributed by atoms with Crippen molar-refractivity contribution >= 4 is 5.96 Å². The summed E-state index contributed by atoms with van der Waals surface area (Å²) in [5.74, 6) is 0.752. The Bertz CT molecular complexity index is 506. The molecule has 7 nitrogen and oxygen atoms in total. The number of rotatable bonds is 4. The number of aromatic nitrogens is 4. The van der Waals surface area contributed by atoms with E-state index in [0.717, 1.165) is 17.3 Å². The van der Waals surface area contributed by atoms with Crippen molar-refractivity contribution in [3.8, 4) is 0 Å². The zero-order valence-corrected chi connectivity index (χ0v) is 11.5. The normalized spacial score (nSPS) is 10.3. The standard InChI is InChI=1S/C12H19N7/c1-13-12(14-8-10-4-6-16-18(10)2)15-9-11-5-7-17-19(11)3/h4-7H,8-9H2,1-3H3,(H2,13,14,15). The molecule has 2 aromatic heterocycles. The maximum absolute atomic E-state index is 4.18. The van der Waals surface area contributed by atoms with Crippen molar-refractivity contribution in [2.75, 3.05) is 7.05 Å². The Kier molecular flexibility index (Phi) is 4.17. The maximum Gasteiger partial charge on any atom is 0.191 e. The highest BCUT2D eigenvalue weighted by Crippen LogP contribution is 1.96. The first-order valence-electron chi connectivity index (χ1n) is 6.09. The molecule has 7 heteroatoms. The quantitative estimate of drug-likeness (QED) is 0.601. The van der Waals surface area contributed by atoms with Crippen molar-refractivity contribution in [1.82, 2.24) is 30.2 Å². The molecule has 0 aliphatic heterocycles. The van der Waals surface area contributed by atoms with Crippen molar-refractivity contribution in [2.24, 2.45) is 19.1 Å². The summed E-state index contributed by atoms with van der Waals surface area (Å²) >= 11 is 0. The molecule has 0 aliphatic carbocycles. The van der Waals surface area contributed by atoms with Crippen molar-refractivity contribution < 1.29 is 0 Å². The van der Waals surface area contributed by atoms with Gasteiger partial charge in [-0.05, 0) is 12.1 Å². The summed E-state index contributed by atoms with van der Waals surface area (Å²) in [4.78, 5) is 4.18. The van der Waals surface area contributed by atoms with Crippen LogP contribution in [-0.2, 0) is 27.2 Å². The highest BCUT2D eigenvalue weighted by Gasteiger charge is 2.03. The van der Waals surface area contributed by atoms with E-state index in [-0.39, 0.29) is 0 Å². The zero-order valence-electron chi connectivity index (χ0n) is 11.5. The van der Waals surface area contributed by atoms with E-state index in [1.54, 1.807) is 19.4 Å². The average Bonchev–Trinajstić information content (AvgIpc) is 2.99. The minimum absolute atomic E-state index is 0.682. The van der Waals surface area contributed by atoms with Crippen LogP contribution >= 0.6 is 0 Å². The second-order valence-electron chi connectivity index (χ2n) is 4.17. The van der Waals surface area contributed by atoms with E-state index in [4.69, 9.17) is 0 Å². The maximum atomic E-state index is 4.18. The van der Waals surface area contributed by atoms with Gasteiger partial charge in [0.1, 0.15) is 0 Å². The van der Waals surface area contributed by atoms with Gasteiger partial charge in [0, 0.05) is 33.5 Å².